The largest absolute Gasteiger partial charge is 0.372 e. The van der Waals surface area contributed by atoms with Gasteiger partial charge in [-0.2, -0.15) is 0 Å². The summed E-state index contributed by atoms with van der Waals surface area (Å²) in [5.41, 5.74) is 1.28. The summed E-state index contributed by atoms with van der Waals surface area (Å²) >= 11 is 1.55. The molecule has 0 saturated carbocycles. The molecule has 25 heavy (non-hydrogen) atoms. The summed E-state index contributed by atoms with van der Waals surface area (Å²) in [5.74, 6) is 0.439. The van der Waals surface area contributed by atoms with Crippen molar-refractivity contribution in [2.75, 3.05) is 23.3 Å². The van der Waals surface area contributed by atoms with Crippen LogP contribution >= 0.6 is 11.3 Å². The maximum Gasteiger partial charge on any atom is 0.148 e. The van der Waals surface area contributed by atoms with Gasteiger partial charge in [0.1, 0.15) is 22.8 Å². The molecule has 5 nitrogen and oxygen atoms in total. The van der Waals surface area contributed by atoms with Gasteiger partial charge in [-0.25, -0.2) is 14.4 Å². The van der Waals surface area contributed by atoms with Crippen LogP contribution in [-0.4, -0.2) is 35.3 Å². The normalized spacial score (nSPS) is 20.8. The van der Waals surface area contributed by atoms with Gasteiger partial charge in [0, 0.05) is 18.8 Å². The molecular formula is C18H19FN4OS. The lowest BCUT2D eigenvalue weighted by molar-refractivity contribution is -0.00539. The van der Waals surface area contributed by atoms with E-state index < -0.39 is 0 Å². The van der Waals surface area contributed by atoms with Gasteiger partial charge in [-0.05, 0) is 43.5 Å². The number of hydrogen-bond donors (Lipinski definition) is 1. The van der Waals surface area contributed by atoms with Gasteiger partial charge in [0.05, 0.1) is 23.3 Å². The lowest BCUT2D eigenvalue weighted by Crippen LogP contribution is -2.45. The van der Waals surface area contributed by atoms with Crippen LogP contribution < -0.4 is 10.2 Å². The highest BCUT2D eigenvalue weighted by atomic mass is 32.1. The van der Waals surface area contributed by atoms with Crippen LogP contribution in [0.3, 0.4) is 0 Å². The number of morpholine rings is 1. The van der Waals surface area contributed by atoms with E-state index in [1.807, 2.05) is 42.3 Å². The van der Waals surface area contributed by atoms with Gasteiger partial charge < -0.3 is 15.0 Å². The first-order valence-electron chi connectivity index (χ1n) is 8.25. The van der Waals surface area contributed by atoms with Crippen LogP contribution in [0.1, 0.15) is 13.8 Å². The molecule has 0 radical (unpaired) electrons. The van der Waals surface area contributed by atoms with Gasteiger partial charge in [-0.15, -0.1) is 11.3 Å². The molecule has 4 rings (SSSR count). The monoisotopic (exact) mass is 358 g/mol. The number of fused-ring (bicyclic) bond motifs is 1. The summed E-state index contributed by atoms with van der Waals surface area (Å²) < 4.78 is 20.4. The molecule has 130 valence electrons. The zero-order valence-electron chi connectivity index (χ0n) is 14.1. The Kier molecular flexibility index (Phi) is 4.27. The molecular weight excluding hydrogens is 339 g/mol. The van der Waals surface area contributed by atoms with Gasteiger partial charge in [0.25, 0.3) is 0 Å². The number of aromatic nitrogens is 2. The molecule has 3 aromatic rings. The van der Waals surface area contributed by atoms with Crippen molar-refractivity contribution in [1.82, 2.24) is 9.97 Å². The molecule has 2 aromatic heterocycles. The zero-order valence-corrected chi connectivity index (χ0v) is 14.9. The highest BCUT2D eigenvalue weighted by Crippen LogP contribution is 2.29. The quantitative estimate of drug-likeness (QED) is 0.761. The second-order valence-corrected chi connectivity index (χ2v) is 7.21. The predicted octanol–water partition coefficient (Wildman–Crippen LogP) is 4.19. The second-order valence-electron chi connectivity index (χ2n) is 6.32. The maximum atomic E-state index is 14.7. The van der Waals surface area contributed by atoms with Crippen LogP contribution in [0.15, 0.2) is 36.0 Å². The van der Waals surface area contributed by atoms with E-state index in [-0.39, 0.29) is 18.0 Å². The molecule has 1 N–H and O–H groups in total. The maximum absolute atomic E-state index is 14.7. The number of anilines is 3. The van der Waals surface area contributed by atoms with Crippen LogP contribution in [0, 0.1) is 5.82 Å². The Morgan fingerprint density at radius 1 is 1.20 bits per heavy atom. The summed E-state index contributed by atoms with van der Waals surface area (Å²) in [7, 11) is 0. The summed E-state index contributed by atoms with van der Waals surface area (Å²) in [6.07, 6.45) is 1.70. The molecule has 1 fully saturated rings. The summed E-state index contributed by atoms with van der Waals surface area (Å²) in [6, 6.07) is 7.17. The standard InChI is InChI=1S/C18H19FN4OS/c1-11-8-23(9-12(2)24-11)16-4-3-13(7-15(16)19)22-17-14-5-6-25-18(14)21-10-20-17/h3-7,10-12H,8-9H2,1-2H3,(H,20,21,22)/t11-,12-/m1/s1. The van der Waals surface area contributed by atoms with E-state index in [2.05, 4.69) is 15.3 Å². The third-order valence-corrected chi connectivity index (χ3v) is 5.05. The molecule has 0 amide bonds. The van der Waals surface area contributed by atoms with Crippen molar-refractivity contribution in [2.24, 2.45) is 0 Å². The van der Waals surface area contributed by atoms with Gasteiger partial charge in [0.2, 0.25) is 0 Å². The van der Waals surface area contributed by atoms with Crippen LogP contribution in [0.2, 0.25) is 0 Å². The number of benzene rings is 1. The average Bonchev–Trinajstić information content (AvgIpc) is 3.04. The molecule has 3 heterocycles. The number of rotatable bonds is 3. The first-order chi connectivity index (χ1) is 12.1. The van der Waals surface area contributed by atoms with E-state index in [1.165, 1.54) is 12.4 Å². The molecule has 1 aromatic carbocycles. The van der Waals surface area contributed by atoms with E-state index in [4.69, 9.17) is 4.74 Å². The number of nitrogens with zero attached hydrogens (tertiary/aromatic N) is 3. The summed E-state index contributed by atoms with van der Waals surface area (Å²) in [6.45, 7) is 5.40. The molecule has 0 spiro atoms. The van der Waals surface area contributed by atoms with Gasteiger partial charge in [-0.3, -0.25) is 0 Å². The topological polar surface area (TPSA) is 50.3 Å². The van der Waals surface area contributed by atoms with Crippen molar-refractivity contribution < 1.29 is 9.13 Å². The van der Waals surface area contributed by atoms with Crippen molar-refractivity contribution >= 4 is 38.7 Å². The smallest absolute Gasteiger partial charge is 0.148 e. The van der Waals surface area contributed by atoms with E-state index in [0.717, 1.165) is 10.2 Å². The molecule has 2 atom stereocenters. The minimum Gasteiger partial charge on any atom is -0.372 e. The van der Waals surface area contributed by atoms with Crippen molar-refractivity contribution in [3.8, 4) is 0 Å². The molecule has 1 saturated heterocycles. The minimum atomic E-state index is -0.248. The lowest BCUT2D eigenvalue weighted by atomic mass is 10.2. The fourth-order valence-corrected chi connectivity index (χ4v) is 3.97. The Labute approximate surface area is 149 Å². The lowest BCUT2D eigenvalue weighted by Gasteiger charge is -2.37. The van der Waals surface area contributed by atoms with Crippen molar-refractivity contribution in [1.29, 1.82) is 0 Å². The number of halogens is 1. The highest BCUT2D eigenvalue weighted by Gasteiger charge is 2.24. The Balaban J connectivity index is 1.58. The Morgan fingerprint density at radius 2 is 2.00 bits per heavy atom. The van der Waals surface area contributed by atoms with Crippen molar-refractivity contribution in [3.05, 3.63) is 41.8 Å². The number of thiophene rings is 1. The molecule has 0 bridgehead atoms. The Morgan fingerprint density at radius 3 is 2.76 bits per heavy atom. The van der Waals surface area contributed by atoms with Gasteiger partial charge >= 0.3 is 0 Å². The molecule has 7 heteroatoms. The van der Waals surface area contributed by atoms with Crippen LogP contribution in [-0.2, 0) is 4.74 Å². The van der Waals surface area contributed by atoms with Crippen LogP contribution in [0.4, 0.5) is 21.6 Å². The molecule has 1 aliphatic rings. The first-order valence-corrected chi connectivity index (χ1v) is 9.13. The van der Waals surface area contributed by atoms with Crippen LogP contribution in [0.25, 0.3) is 10.2 Å². The molecule has 1 aliphatic heterocycles. The first kappa shape index (κ1) is 16.2. The zero-order chi connectivity index (χ0) is 17.4. The third-order valence-electron chi connectivity index (χ3n) is 4.23. The number of nitrogens with one attached hydrogen (secondary N) is 1. The highest BCUT2D eigenvalue weighted by molar-refractivity contribution is 7.16. The molecule has 0 aliphatic carbocycles. The average molecular weight is 358 g/mol. The van der Waals surface area contributed by atoms with E-state index in [1.54, 1.807) is 11.3 Å². The van der Waals surface area contributed by atoms with E-state index in [0.29, 0.717) is 30.3 Å². The Hall–Kier alpha value is -2.25. The number of hydrogen-bond acceptors (Lipinski definition) is 6. The predicted molar refractivity (Wildman–Crippen MR) is 99.3 cm³/mol. The van der Waals surface area contributed by atoms with Crippen molar-refractivity contribution in [3.63, 3.8) is 0 Å². The fourth-order valence-electron chi connectivity index (χ4n) is 3.24. The summed E-state index contributed by atoms with van der Waals surface area (Å²) in [5, 5.41) is 6.10. The Bertz CT molecular complexity index is 890. The SMILES string of the molecule is C[C@@H]1CN(c2ccc(Nc3ncnc4sccc34)cc2F)C[C@@H](C)O1. The van der Waals surface area contributed by atoms with Gasteiger partial charge in [0.15, 0.2) is 0 Å². The third kappa shape index (κ3) is 3.29. The van der Waals surface area contributed by atoms with E-state index >= 15 is 0 Å². The fraction of sp³-hybridized carbons (Fsp3) is 0.333. The number of ether oxygens (including phenoxy) is 1. The van der Waals surface area contributed by atoms with Crippen molar-refractivity contribution in [2.45, 2.75) is 26.1 Å². The van der Waals surface area contributed by atoms with Crippen LogP contribution in [0.5, 0.6) is 0 Å². The second kappa shape index (κ2) is 6.57. The molecule has 0 unspecified atom stereocenters. The summed E-state index contributed by atoms with van der Waals surface area (Å²) in [4.78, 5) is 11.4. The van der Waals surface area contributed by atoms with E-state index in [9.17, 15) is 4.39 Å². The minimum absolute atomic E-state index is 0.0915. The van der Waals surface area contributed by atoms with Gasteiger partial charge in [-0.1, -0.05) is 0 Å².